The summed E-state index contributed by atoms with van der Waals surface area (Å²) < 4.78 is 23.1. The predicted octanol–water partition coefficient (Wildman–Crippen LogP) is 0.631. The van der Waals surface area contributed by atoms with E-state index in [2.05, 4.69) is 15.3 Å². The molecule has 0 spiro atoms. The number of guanidine groups is 1. The van der Waals surface area contributed by atoms with Crippen molar-refractivity contribution in [1.82, 2.24) is 4.98 Å². The van der Waals surface area contributed by atoms with Gasteiger partial charge in [0.15, 0.2) is 15.8 Å². The summed E-state index contributed by atoms with van der Waals surface area (Å²) in [4.78, 5) is 7.96. The molecule has 0 aliphatic carbocycles. The van der Waals surface area contributed by atoms with Crippen molar-refractivity contribution in [1.29, 1.82) is 0 Å². The van der Waals surface area contributed by atoms with Gasteiger partial charge in [0, 0.05) is 6.20 Å². The maximum absolute atomic E-state index is 11.5. The molecule has 3 N–H and O–H groups in total. The normalized spacial score (nSPS) is 12.7. The van der Waals surface area contributed by atoms with Crippen LogP contribution in [0.15, 0.2) is 29.4 Å². The minimum atomic E-state index is -3.07. The number of sulfone groups is 1. The first-order valence-electron chi connectivity index (χ1n) is 5.61. The van der Waals surface area contributed by atoms with E-state index in [0.717, 1.165) is 0 Å². The lowest BCUT2D eigenvalue weighted by Gasteiger charge is -2.06. The van der Waals surface area contributed by atoms with Gasteiger partial charge in [0.05, 0.1) is 17.5 Å². The van der Waals surface area contributed by atoms with Gasteiger partial charge in [0.25, 0.3) is 0 Å². The molecule has 0 atom stereocenters. The van der Waals surface area contributed by atoms with Crippen molar-refractivity contribution in [2.75, 3.05) is 17.6 Å². The lowest BCUT2D eigenvalue weighted by Crippen LogP contribution is -2.25. The van der Waals surface area contributed by atoms with E-state index in [1.165, 1.54) is 0 Å². The highest BCUT2D eigenvalue weighted by molar-refractivity contribution is 7.92. The van der Waals surface area contributed by atoms with Crippen molar-refractivity contribution in [2.45, 2.75) is 19.1 Å². The smallest absolute Gasteiger partial charge is 0.194 e. The van der Waals surface area contributed by atoms with Gasteiger partial charge in [-0.15, -0.1) is 0 Å². The van der Waals surface area contributed by atoms with Crippen LogP contribution in [0.3, 0.4) is 0 Å². The maximum atomic E-state index is 11.5. The number of anilines is 1. The molecule has 0 amide bonds. The highest BCUT2D eigenvalue weighted by Gasteiger charge is 2.14. The third-order valence-electron chi connectivity index (χ3n) is 2.30. The van der Waals surface area contributed by atoms with Crippen molar-refractivity contribution in [3.63, 3.8) is 0 Å². The number of nitrogens with zero attached hydrogens (tertiary/aromatic N) is 2. The molecule has 1 heterocycles. The molecule has 0 unspecified atom stereocenters. The minimum absolute atomic E-state index is 0.00470. The summed E-state index contributed by atoms with van der Waals surface area (Å²) in [6.45, 7) is 3.44. The van der Waals surface area contributed by atoms with E-state index in [0.29, 0.717) is 5.82 Å². The van der Waals surface area contributed by atoms with Gasteiger partial charge in [0.1, 0.15) is 5.82 Å². The molecule has 0 fully saturated rings. The second kappa shape index (κ2) is 6.34. The van der Waals surface area contributed by atoms with E-state index in [4.69, 9.17) is 5.73 Å². The van der Waals surface area contributed by atoms with Crippen LogP contribution < -0.4 is 11.1 Å². The zero-order valence-corrected chi connectivity index (χ0v) is 11.3. The number of aliphatic imine (C=N–C) groups is 1. The van der Waals surface area contributed by atoms with E-state index in [1.54, 1.807) is 32.2 Å². The highest BCUT2D eigenvalue weighted by atomic mass is 32.2. The molecule has 0 radical (unpaired) electrons. The molecule has 0 saturated heterocycles. The molecule has 1 rings (SSSR count). The fraction of sp³-hybridized carbons (Fsp3) is 0.455. The Morgan fingerprint density at radius 2 is 2.22 bits per heavy atom. The summed E-state index contributed by atoms with van der Waals surface area (Å²) in [7, 11) is -3.07. The molecule has 6 nitrogen and oxygen atoms in total. The highest BCUT2D eigenvalue weighted by Crippen LogP contribution is 2.01. The number of nitrogens with two attached hydrogens (primary N) is 1. The maximum Gasteiger partial charge on any atom is 0.194 e. The number of aromatic nitrogens is 1. The average Bonchev–Trinajstić information content (AvgIpc) is 2.29. The van der Waals surface area contributed by atoms with Crippen LogP contribution in [0.4, 0.5) is 5.82 Å². The minimum Gasteiger partial charge on any atom is -0.370 e. The van der Waals surface area contributed by atoms with Gasteiger partial charge in [-0.25, -0.2) is 13.4 Å². The molecule has 1 aromatic rings. The second-order valence-electron chi connectivity index (χ2n) is 4.02. The molecular weight excluding hydrogens is 252 g/mol. The number of pyridine rings is 1. The zero-order chi connectivity index (χ0) is 13.6. The SMILES string of the molecule is CC(C)S(=O)(=O)CCN=C(N)Nc1ccccn1. The summed E-state index contributed by atoms with van der Waals surface area (Å²) in [5.74, 6) is 0.730. The van der Waals surface area contributed by atoms with E-state index in [1.807, 2.05) is 6.07 Å². The topological polar surface area (TPSA) is 97.4 Å². The Labute approximate surface area is 107 Å². The molecule has 0 bridgehead atoms. The first-order valence-corrected chi connectivity index (χ1v) is 7.33. The molecule has 0 aliphatic heterocycles. The molecule has 1 aromatic heterocycles. The summed E-state index contributed by atoms with van der Waals surface area (Å²) in [5.41, 5.74) is 5.62. The van der Waals surface area contributed by atoms with Gasteiger partial charge < -0.3 is 11.1 Å². The van der Waals surface area contributed by atoms with E-state index in [-0.39, 0.29) is 18.3 Å². The van der Waals surface area contributed by atoms with Crippen molar-refractivity contribution >= 4 is 21.6 Å². The summed E-state index contributed by atoms with van der Waals surface area (Å²) >= 11 is 0. The lowest BCUT2D eigenvalue weighted by atomic mass is 10.5. The van der Waals surface area contributed by atoms with Crippen LogP contribution in [0.1, 0.15) is 13.8 Å². The van der Waals surface area contributed by atoms with Crippen LogP contribution in [0.25, 0.3) is 0 Å². The fourth-order valence-corrected chi connectivity index (χ4v) is 1.95. The van der Waals surface area contributed by atoms with Crippen LogP contribution in [0.2, 0.25) is 0 Å². The number of rotatable bonds is 5. The molecular formula is C11H18N4O2S. The largest absolute Gasteiger partial charge is 0.370 e. The Balaban J connectivity index is 2.49. The average molecular weight is 270 g/mol. The fourth-order valence-electron chi connectivity index (χ4n) is 1.14. The van der Waals surface area contributed by atoms with E-state index < -0.39 is 15.1 Å². The Kier molecular flexibility index (Phi) is 5.08. The molecule has 0 aromatic carbocycles. The van der Waals surface area contributed by atoms with Crippen LogP contribution in [-0.4, -0.2) is 36.9 Å². The quantitative estimate of drug-likeness (QED) is 0.604. The monoisotopic (exact) mass is 270 g/mol. The Morgan fingerprint density at radius 1 is 1.50 bits per heavy atom. The first kappa shape index (κ1) is 14.4. The summed E-state index contributed by atoms with van der Waals surface area (Å²) in [6, 6.07) is 5.34. The number of hydrogen-bond acceptors (Lipinski definition) is 4. The number of nitrogens with one attached hydrogen (secondary N) is 1. The Morgan fingerprint density at radius 3 is 2.78 bits per heavy atom. The molecule has 7 heteroatoms. The lowest BCUT2D eigenvalue weighted by molar-refractivity contribution is 0.587. The summed E-state index contributed by atoms with van der Waals surface area (Å²) in [6.07, 6.45) is 1.62. The predicted molar refractivity (Wildman–Crippen MR) is 73.3 cm³/mol. The van der Waals surface area contributed by atoms with Gasteiger partial charge in [-0.3, -0.25) is 4.99 Å². The first-order chi connectivity index (χ1) is 8.42. The molecule has 18 heavy (non-hydrogen) atoms. The third-order valence-corrected chi connectivity index (χ3v) is 4.49. The van der Waals surface area contributed by atoms with Crippen LogP contribution in [0, 0.1) is 0 Å². The third kappa shape index (κ3) is 4.70. The number of hydrogen-bond donors (Lipinski definition) is 2. The van der Waals surface area contributed by atoms with Crippen molar-refractivity contribution < 1.29 is 8.42 Å². The van der Waals surface area contributed by atoms with Crippen molar-refractivity contribution in [2.24, 2.45) is 10.7 Å². The Bertz CT molecular complexity index is 497. The van der Waals surface area contributed by atoms with Gasteiger partial charge in [-0.05, 0) is 26.0 Å². The second-order valence-corrected chi connectivity index (χ2v) is 6.70. The van der Waals surface area contributed by atoms with Gasteiger partial charge in [-0.2, -0.15) is 0 Å². The van der Waals surface area contributed by atoms with Crippen molar-refractivity contribution in [3.8, 4) is 0 Å². The van der Waals surface area contributed by atoms with Gasteiger partial charge in [0.2, 0.25) is 0 Å². The van der Waals surface area contributed by atoms with Crippen LogP contribution >= 0.6 is 0 Å². The van der Waals surface area contributed by atoms with Crippen LogP contribution in [0.5, 0.6) is 0 Å². The molecule has 100 valence electrons. The molecule has 0 saturated carbocycles. The summed E-state index contributed by atoms with van der Waals surface area (Å²) in [5, 5.41) is 2.39. The van der Waals surface area contributed by atoms with E-state index in [9.17, 15) is 8.42 Å². The molecule has 0 aliphatic rings. The van der Waals surface area contributed by atoms with E-state index >= 15 is 0 Å². The van der Waals surface area contributed by atoms with Gasteiger partial charge in [-0.1, -0.05) is 6.07 Å². The van der Waals surface area contributed by atoms with Crippen LogP contribution in [-0.2, 0) is 9.84 Å². The Hall–Kier alpha value is -1.63. The van der Waals surface area contributed by atoms with Crippen molar-refractivity contribution in [3.05, 3.63) is 24.4 Å². The standard InChI is InChI=1S/C11H18N4O2S/c1-9(2)18(16,17)8-7-14-11(12)15-10-5-3-4-6-13-10/h3-6,9H,7-8H2,1-2H3,(H3,12,13,14,15). The van der Waals surface area contributed by atoms with Gasteiger partial charge >= 0.3 is 0 Å². The zero-order valence-electron chi connectivity index (χ0n) is 10.5.